The van der Waals surface area contributed by atoms with Crippen molar-refractivity contribution in [2.45, 2.75) is 19.4 Å². The maximum atomic E-state index is 5.41. The first kappa shape index (κ1) is 13.2. The number of hydrogen-bond donors (Lipinski definition) is 0. The molecule has 0 aliphatic rings. The number of methoxy groups -OCH3 is 2. The summed E-state index contributed by atoms with van der Waals surface area (Å²) in [5.74, 6) is 2.15. The minimum absolute atomic E-state index is 0.154. The van der Waals surface area contributed by atoms with Crippen LogP contribution >= 0.6 is 11.8 Å². The van der Waals surface area contributed by atoms with Gasteiger partial charge in [0.05, 0.1) is 12.7 Å². The molecule has 0 aromatic rings. The lowest BCUT2D eigenvalue weighted by Gasteiger charge is -2.15. The summed E-state index contributed by atoms with van der Waals surface area (Å²) in [4.78, 5) is 0. The van der Waals surface area contributed by atoms with Crippen molar-refractivity contribution in [2.75, 3.05) is 39.1 Å². The van der Waals surface area contributed by atoms with Gasteiger partial charge in [-0.1, -0.05) is 6.92 Å². The quantitative estimate of drug-likeness (QED) is 0.426. The Morgan fingerprint density at radius 3 is 2.54 bits per heavy atom. The number of ether oxygens (including phenoxy) is 3. The summed E-state index contributed by atoms with van der Waals surface area (Å²) in [7, 11) is 3.32. The molecular formula is C9H20O3S. The first-order valence-corrected chi connectivity index (χ1v) is 5.67. The molecule has 0 heterocycles. The summed E-state index contributed by atoms with van der Waals surface area (Å²) in [5.41, 5.74) is 0. The maximum Gasteiger partial charge on any atom is 0.146 e. The lowest BCUT2D eigenvalue weighted by atomic mass is 10.4. The highest BCUT2D eigenvalue weighted by atomic mass is 32.2. The van der Waals surface area contributed by atoms with Crippen molar-refractivity contribution >= 4 is 11.8 Å². The van der Waals surface area contributed by atoms with Crippen LogP contribution in [0.4, 0.5) is 0 Å². The van der Waals surface area contributed by atoms with Crippen LogP contribution in [-0.4, -0.2) is 45.2 Å². The average molecular weight is 208 g/mol. The van der Waals surface area contributed by atoms with E-state index in [1.807, 2.05) is 11.8 Å². The highest BCUT2D eigenvalue weighted by Gasteiger charge is 2.07. The molecule has 0 aliphatic heterocycles. The fourth-order valence-electron chi connectivity index (χ4n) is 0.854. The van der Waals surface area contributed by atoms with E-state index in [4.69, 9.17) is 14.2 Å². The van der Waals surface area contributed by atoms with Gasteiger partial charge in [0.2, 0.25) is 0 Å². The van der Waals surface area contributed by atoms with Gasteiger partial charge in [-0.15, -0.1) is 0 Å². The van der Waals surface area contributed by atoms with Crippen LogP contribution in [0, 0.1) is 0 Å². The van der Waals surface area contributed by atoms with E-state index in [0.29, 0.717) is 13.4 Å². The molecule has 1 atom stereocenters. The van der Waals surface area contributed by atoms with Crippen LogP contribution in [0.5, 0.6) is 0 Å². The third-order valence-corrected chi connectivity index (χ3v) is 2.73. The number of hydrogen-bond acceptors (Lipinski definition) is 4. The Hall–Kier alpha value is 0.230. The first-order chi connectivity index (χ1) is 6.35. The molecule has 80 valence electrons. The molecule has 0 spiro atoms. The highest BCUT2D eigenvalue weighted by Crippen LogP contribution is 2.07. The van der Waals surface area contributed by atoms with E-state index >= 15 is 0 Å². The second-order valence-electron chi connectivity index (χ2n) is 2.73. The summed E-state index contributed by atoms with van der Waals surface area (Å²) in [6, 6.07) is 0. The molecule has 0 N–H and O–H groups in total. The van der Waals surface area contributed by atoms with E-state index in [9.17, 15) is 0 Å². The zero-order chi connectivity index (χ0) is 9.94. The second kappa shape index (κ2) is 10.3. The van der Waals surface area contributed by atoms with Gasteiger partial charge in [-0.25, -0.2) is 0 Å². The lowest BCUT2D eigenvalue weighted by Crippen LogP contribution is -2.23. The van der Waals surface area contributed by atoms with E-state index in [1.165, 1.54) is 12.2 Å². The van der Waals surface area contributed by atoms with Crippen molar-refractivity contribution in [1.82, 2.24) is 0 Å². The molecule has 0 aromatic carbocycles. The summed E-state index contributed by atoms with van der Waals surface area (Å²) >= 11 is 1.89. The summed E-state index contributed by atoms with van der Waals surface area (Å²) in [6.45, 7) is 3.16. The average Bonchev–Trinajstić information content (AvgIpc) is 2.14. The van der Waals surface area contributed by atoms with E-state index in [-0.39, 0.29) is 6.10 Å². The zero-order valence-corrected chi connectivity index (χ0v) is 9.56. The van der Waals surface area contributed by atoms with E-state index in [0.717, 1.165) is 5.75 Å². The van der Waals surface area contributed by atoms with Gasteiger partial charge < -0.3 is 14.2 Å². The number of thioether (sulfide) groups is 1. The molecule has 0 saturated carbocycles. The van der Waals surface area contributed by atoms with Gasteiger partial charge in [0.15, 0.2) is 0 Å². The topological polar surface area (TPSA) is 27.7 Å². The van der Waals surface area contributed by atoms with Crippen LogP contribution in [0.15, 0.2) is 0 Å². The summed E-state index contributed by atoms with van der Waals surface area (Å²) < 4.78 is 15.3. The monoisotopic (exact) mass is 208 g/mol. The van der Waals surface area contributed by atoms with Crippen LogP contribution in [-0.2, 0) is 14.2 Å². The van der Waals surface area contributed by atoms with Gasteiger partial charge in [0.1, 0.15) is 6.79 Å². The number of rotatable bonds is 9. The molecule has 4 heteroatoms. The SMILES string of the molecule is CCCSCC(COC)OCOC. The van der Waals surface area contributed by atoms with Crippen molar-refractivity contribution in [3.63, 3.8) is 0 Å². The Morgan fingerprint density at radius 1 is 1.23 bits per heavy atom. The largest absolute Gasteiger partial charge is 0.382 e. The fraction of sp³-hybridized carbons (Fsp3) is 1.00. The van der Waals surface area contributed by atoms with E-state index in [1.54, 1.807) is 14.2 Å². The normalized spacial score (nSPS) is 13.2. The zero-order valence-electron chi connectivity index (χ0n) is 8.75. The van der Waals surface area contributed by atoms with Crippen molar-refractivity contribution < 1.29 is 14.2 Å². The Labute approximate surface area is 85.1 Å². The molecule has 3 nitrogen and oxygen atoms in total. The van der Waals surface area contributed by atoms with Gasteiger partial charge in [0, 0.05) is 20.0 Å². The second-order valence-corrected chi connectivity index (χ2v) is 3.88. The van der Waals surface area contributed by atoms with Crippen molar-refractivity contribution in [1.29, 1.82) is 0 Å². The van der Waals surface area contributed by atoms with Crippen LogP contribution in [0.3, 0.4) is 0 Å². The molecule has 13 heavy (non-hydrogen) atoms. The van der Waals surface area contributed by atoms with E-state index in [2.05, 4.69) is 6.92 Å². The molecule has 0 saturated heterocycles. The minimum Gasteiger partial charge on any atom is -0.382 e. The van der Waals surface area contributed by atoms with Gasteiger partial charge in [-0.3, -0.25) is 0 Å². The summed E-state index contributed by atoms with van der Waals surface area (Å²) in [5, 5.41) is 0. The van der Waals surface area contributed by atoms with Crippen molar-refractivity contribution in [2.24, 2.45) is 0 Å². The molecule has 0 radical (unpaired) electrons. The predicted molar refractivity (Wildman–Crippen MR) is 56.2 cm³/mol. The molecule has 0 bridgehead atoms. The standard InChI is InChI=1S/C9H20O3S/c1-4-5-13-7-9(6-10-2)12-8-11-3/h9H,4-8H2,1-3H3. The van der Waals surface area contributed by atoms with Crippen LogP contribution in [0.1, 0.15) is 13.3 Å². The van der Waals surface area contributed by atoms with Crippen molar-refractivity contribution in [3.05, 3.63) is 0 Å². The maximum absolute atomic E-state index is 5.41. The smallest absolute Gasteiger partial charge is 0.146 e. The molecule has 1 unspecified atom stereocenters. The lowest BCUT2D eigenvalue weighted by molar-refractivity contribution is -0.0829. The molecule has 0 fully saturated rings. The van der Waals surface area contributed by atoms with Gasteiger partial charge in [-0.2, -0.15) is 11.8 Å². The Bertz CT molecular complexity index is 101. The predicted octanol–water partition coefficient (Wildman–Crippen LogP) is 1.77. The molecule has 0 rings (SSSR count). The summed E-state index contributed by atoms with van der Waals surface area (Å²) in [6.07, 6.45) is 1.36. The molecule has 0 aromatic heterocycles. The van der Waals surface area contributed by atoms with Crippen molar-refractivity contribution in [3.8, 4) is 0 Å². The highest BCUT2D eigenvalue weighted by molar-refractivity contribution is 7.99. The minimum atomic E-state index is 0.154. The Morgan fingerprint density at radius 2 is 2.00 bits per heavy atom. The first-order valence-electron chi connectivity index (χ1n) is 4.52. The molecule has 0 amide bonds. The third-order valence-electron chi connectivity index (χ3n) is 1.43. The van der Waals surface area contributed by atoms with Gasteiger partial charge >= 0.3 is 0 Å². The van der Waals surface area contributed by atoms with Crippen LogP contribution in [0.2, 0.25) is 0 Å². The van der Waals surface area contributed by atoms with E-state index < -0.39 is 0 Å². The molecule has 0 aliphatic carbocycles. The Balaban J connectivity index is 3.41. The molecular weight excluding hydrogens is 188 g/mol. The van der Waals surface area contributed by atoms with Gasteiger partial charge in [-0.05, 0) is 12.2 Å². The van der Waals surface area contributed by atoms with Gasteiger partial charge in [0.25, 0.3) is 0 Å². The third kappa shape index (κ3) is 8.56. The van der Waals surface area contributed by atoms with Crippen LogP contribution in [0.25, 0.3) is 0 Å². The Kier molecular flexibility index (Phi) is 10.5. The van der Waals surface area contributed by atoms with Crippen LogP contribution < -0.4 is 0 Å². The fourth-order valence-corrected chi connectivity index (χ4v) is 1.76.